The van der Waals surface area contributed by atoms with E-state index in [2.05, 4.69) is 15.6 Å². The van der Waals surface area contributed by atoms with Gasteiger partial charge >= 0.3 is 0 Å². The number of hydrogen-bond donors (Lipinski definition) is 2. The van der Waals surface area contributed by atoms with Gasteiger partial charge in [-0.1, -0.05) is 19.1 Å². The molecule has 0 saturated heterocycles. The molecule has 0 aliphatic rings. The minimum absolute atomic E-state index is 0.0728. The SMILES string of the molecule is CCc1cnc(CNCc2ccc(C(=O)NC)cc2)o1. The molecule has 1 aromatic heterocycles. The van der Waals surface area contributed by atoms with Gasteiger partial charge in [0.1, 0.15) is 5.76 Å². The summed E-state index contributed by atoms with van der Waals surface area (Å²) in [6, 6.07) is 7.50. The van der Waals surface area contributed by atoms with E-state index in [1.807, 2.05) is 31.2 Å². The molecule has 0 aliphatic carbocycles. The topological polar surface area (TPSA) is 67.2 Å². The van der Waals surface area contributed by atoms with Gasteiger partial charge in [0.25, 0.3) is 5.91 Å². The third kappa shape index (κ3) is 3.68. The van der Waals surface area contributed by atoms with Crippen LogP contribution in [0.5, 0.6) is 0 Å². The molecule has 0 aliphatic heterocycles. The van der Waals surface area contributed by atoms with Gasteiger partial charge in [-0.2, -0.15) is 0 Å². The van der Waals surface area contributed by atoms with Crippen molar-refractivity contribution >= 4 is 5.91 Å². The Morgan fingerprint density at radius 3 is 2.60 bits per heavy atom. The summed E-state index contributed by atoms with van der Waals surface area (Å²) in [5.41, 5.74) is 1.77. The maximum atomic E-state index is 11.4. The molecule has 1 aromatic carbocycles. The van der Waals surface area contributed by atoms with Gasteiger partial charge in [0.2, 0.25) is 5.89 Å². The number of rotatable bonds is 6. The van der Waals surface area contributed by atoms with Crippen LogP contribution in [0.2, 0.25) is 0 Å². The standard InChI is InChI=1S/C15H19N3O2/c1-3-13-9-18-14(20-13)10-17-8-11-4-6-12(7-5-11)15(19)16-2/h4-7,9,17H,3,8,10H2,1-2H3,(H,16,19). The molecular formula is C15H19N3O2. The normalized spacial score (nSPS) is 10.5. The van der Waals surface area contributed by atoms with E-state index < -0.39 is 0 Å². The maximum absolute atomic E-state index is 11.4. The number of carbonyl (C=O) groups is 1. The Balaban J connectivity index is 1.83. The Kier molecular flexibility index (Phi) is 4.90. The first kappa shape index (κ1) is 14.3. The Bertz CT molecular complexity index is 561. The molecule has 2 rings (SSSR count). The van der Waals surface area contributed by atoms with Crippen LogP contribution in [-0.2, 0) is 19.5 Å². The first-order chi connectivity index (χ1) is 9.72. The summed E-state index contributed by atoms with van der Waals surface area (Å²) in [4.78, 5) is 15.6. The summed E-state index contributed by atoms with van der Waals surface area (Å²) in [5.74, 6) is 1.52. The molecule has 0 radical (unpaired) electrons. The fourth-order valence-electron chi connectivity index (χ4n) is 1.83. The summed E-state index contributed by atoms with van der Waals surface area (Å²) in [5, 5.41) is 5.86. The van der Waals surface area contributed by atoms with Crippen LogP contribution in [0.4, 0.5) is 0 Å². The number of aromatic nitrogens is 1. The molecule has 5 nitrogen and oxygen atoms in total. The van der Waals surface area contributed by atoms with Gasteiger partial charge in [-0.3, -0.25) is 4.79 Å². The summed E-state index contributed by atoms with van der Waals surface area (Å²) in [7, 11) is 1.62. The average molecular weight is 273 g/mol. The van der Waals surface area contributed by atoms with Gasteiger partial charge in [0.15, 0.2) is 0 Å². The number of aryl methyl sites for hydroxylation is 1. The average Bonchev–Trinajstić information content (AvgIpc) is 2.95. The maximum Gasteiger partial charge on any atom is 0.251 e. The molecule has 2 N–H and O–H groups in total. The monoisotopic (exact) mass is 273 g/mol. The van der Waals surface area contributed by atoms with Gasteiger partial charge in [0.05, 0.1) is 12.7 Å². The lowest BCUT2D eigenvalue weighted by molar-refractivity contribution is 0.0963. The zero-order chi connectivity index (χ0) is 14.4. The highest BCUT2D eigenvalue weighted by Gasteiger charge is 2.03. The highest BCUT2D eigenvalue weighted by molar-refractivity contribution is 5.93. The van der Waals surface area contributed by atoms with E-state index in [0.29, 0.717) is 24.5 Å². The van der Waals surface area contributed by atoms with Crippen LogP contribution in [0.15, 0.2) is 34.9 Å². The summed E-state index contributed by atoms with van der Waals surface area (Å²) in [6.07, 6.45) is 2.61. The minimum Gasteiger partial charge on any atom is -0.444 e. The van der Waals surface area contributed by atoms with Crippen molar-refractivity contribution in [2.24, 2.45) is 0 Å². The largest absolute Gasteiger partial charge is 0.444 e. The van der Waals surface area contributed by atoms with Crippen LogP contribution in [0, 0.1) is 0 Å². The molecule has 0 bridgehead atoms. The molecule has 20 heavy (non-hydrogen) atoms. The van der Waals surface area contributed by atoms with Crippen LogP contribution in [-0.4, -0.2) is 17.9 Å². The smallest absolute Gasteiger partial charge is 0.251 e. The van der Waals surface area contributed by atoms with E-state index >= 15 is 0 Å². The van der Waals surface area contributed by atoms with Crippen LogP contribution < -0.4 is 10.6 Å². The van der Waals surface area contributed by atoms with E-state index in [9.17, 15) is 4.79 Å². The van der Waals surface area contributed by atoms with Gasteiger partial charge in [0, 0.05) is 25.6 Å². The van der Waals surface area contributed by atoms with E-state index in [1.54, 1.807) is 13.2 Å². The quantitative estimate of drug-likeness (QED) is 0.843. The van der Waals surface area contributed by atoms with Gasteiger partial charge in [-0.05, 0) is 17.7 Å². The van der Waals surface area contributed by atoms with Crippen LogP contribution in [0.3, 0.4) is 0 Å². The molecule has 0 fully saturated rings. The lowest BCUT2D eigenvalue weighted by Crippen LogP contribution is -2.18. The predicted molar refractivity (Wildman–Crippen MR) is 76.3 cm³/mol. The van der Waals surface area contributed by atoms with Crippen LogP contribution >= 0.6 is 0 Å². The van der Waals surface area contributed by atoms with Gasteiger partial charge in [-0.25, -0.2) is 4.98 Å². The lowest BCUT2D eigenvalue weighted by Gasteiger charge is -2.04. The van der Waals surface area contributed by atoms with Crippen molar-refractivity contribution < 1.29 is 9.21 Å². The van der Waals surface area contributed by atoms with E-state index in [0.717, 1.165) is 17.7 Å². The molecule has 5 heteroatoms. The van der Waals surface area contributed by atoms with Crippen molar-refractivity contribution in [2.75, 3.05) is 7.05 Å². The molecule has 1 amide bonds. The van der Waals surface area contributed by atoms with Crippen molar-refractivity contribution in [1.29, 1.82) is 0 Å². The van der Waals surface area contributed by atoms with Crippen molar-refractivity contribution in [3.63, 3.8) is 0 Å². The van der Waals surface area contributed by atoms with Crippen molar-refractivity contribution in [1.82, 2.24) is 15.6 Å². The third-order valence-electron chi connectivity index (χ3n) is 3.00. The van der Waals surface area contributed by atoms with Crippen LogP contribution in [0.25, 0.3) is 0 Å². The zero-order valence-corrected chi connectivity index (χ0v) is 11.8. The summed E-state index contributed by atoms with van der Waals surface area (Å²) >= 11 is 0. The van der Waals surface area contributed by atoms with Crippen molar-refractivity contribution in [3.05, 3.63) is 53.2 Å². The second-order valence-electron chi connectivity index (χ2n) is 4.45. The molecule has 2 aromatic rings. The van der Waals surface area contributed by atoms with E-state index in [-0.39, 0.29) is 5.91 Å². The van der Waals surface area contributed by atoms with Crippen molar-refractivity contribution in [3.8, 4) is 0 Å². The molecule has 1 heterocycles. The number of benzene rings is 1. The van der Waals surface area contributed by atoms with Gasteiger partial charge < -0.3 is 15.1 Å². The molecule has 0 spiro atoms. The highest BCUT2D eigenvalue weighted by atomic mass is 16.4. The third-order valence-corrected chi connectivity index (χ3v) is 3.00. The van der Waals surface area contributed by atoms with E-state index in [1.165, 1.54) is 0 Å². The number of carbonyl (C=O) groups excluding carboxylic acids is 1. The number of oxazole rings is 1. The second-order valence-corrected chi connectivity index (χ2v) is 4.45. The minimum atomic E-state index is -0.0728. The number of amides is 1. The van der Waals surface area contributed by atoms with Crippen molar-refractivity contribution in [2.45, 2.75) is 26.4 Å². The Labute approximate surface area is 118 Å². The second kappa shape index (κ2) is 6.86. The number of hydrogen-bond acceptors (Lipinski definition) is 4. The molecule has 0 saturated carbocycles. The Morgan fingerprint density at radius 2 is 2.00 bits per heavy atom. The van der Waals surface area contributed by atoms with E-state index in [4.69, 9.17) is 4.42 Å². The Hall–Kier alpha value is -2.14. The number of nitrogens with zero attached hydrogens (tertiary/aromatic N) is 1. The highest BCUT2D eigenvalue weighted by Crippen LogP contribution is 2.06. The molecule has 106 valence electrons. The summed E-state index contributed by atoms with van der Waals surface area (Å²) < 4.78 is 5.51. The predicted octanol–water partition coefficient (Wildman–Crippen LogP) is 1.89. The molecule has 0 unspecified atom stereocenters. The molecule has 0 atom stereocenters. The first-order valence-electron chi connectivity index (χ1n) is 6.68. The first-order valence-corrected chi connectivity index (χ1v) is 6.68. The zero-order valence-electron chi connectivity index (χ0n) is 11.8. The summed E-state index contributed by atoms with van der Waals surface area (Å²) in [6.45, 7) is 3.33. The van der Waals surface area contributed by atoms with Gasteiger partial charge in [-0.15, -0.1) is 0 Å². The molecular weight excluding hydrogens is 254 g/mol. The Morgan fingerprint density at radius 1 is 1.25 bits per heavy atom. The van der Waals surface area contributed by atoms with Crippen LogP contribution in [0.1, 0.15) is 34.5 Å². The fraction of sp³-hybridized carbons (Fsp3) is 0.333. The number of nitrogens with one attached hydrogen (secondary N) is 2. The lowest BCUT2D eigenvalue weighted by atomic mass is 10.1. The fourth-order valence-corrected chi connectivity index (χ4v) is 1.83.